The summed E-state index contributed by atoms with van der Waals surface area (Å²) in [7, 11) is 0. The number of nitrogens with zero attached hydrogens (tertiary/aromatic N) is 2. The molecule has 2 aliphatic rings. The normalized spacial score (nSPS) is 19.3. The maximum Gasteiger partial charge on any atom is 0.326 e. The zero-order chi connectivity index (χ0) is 25.8. The summed E-state index contributed by atoms with van der Waals surface area (Å²) in [5.41, 5.74) is 6.64. The third kappa shape index (κ3) is 5.67. The molecule has 2 aromatic heterocycles. The van der Waals surface area contributed by atoms with Gasteiger partial charge in [-0.05, 0) is 79.2 Å². The Labute approximate surface area is 220 Å². The topological polar surface area (TPSA) is 124 Å². The van der Waals surface area contributed by atoms with Crippen LogP contribution in [-0.4, -0.2) is 51.3 Å². The molecule has 3 aromatic rings. The van der Waals surface area contributed by atoms with E-state index in [1.807, 2.05) is 18.3 Å². The van der Waals surface area contributed by atoms with E-state index in [2.05, 4.69) is 27.8 Å². The molecule has 1 fully saturated rings. The van der Waals surface area contributed by atoms with Crippen molar-refractivity contribution >= 4 is 29.0 Å². The number of aliphatic carboxylic acids is 1. The van der Waals surface area contributed by atoms with Gasteiger partial charge < -0.3 is 20.8 Å². The molecule has 1 atom stereocenters. The quantitative estimate of drug-likeness (QED) is 0.315. The second-order valence-corrected chi connectivity index (χ2v) is 10.8. The van der Waals surface area contributed by atoms with Gasteiger partial charge in [0, 0.05) is 37.0 Å². The molecule has 194 valence electrons. The minimum Gasteiger partial charge on any atom is -0.480 e. The van der Waals surface area contributed by atoms with Crippen molar-refractivity contribution in [3.8, 4) is 10.4 Å². The molecule has 0 saturated heterocycles. The van der Waals surface area contributed by atoms with E-state index in [1.165, 1.54) is 16.9 Å². The molecular weight excluding hydrogens is 488 g/mol. The number of carbonyl (C=O) groups is 2. The van der Waals surface area contributed by atoms with Crippen LogP contribution >= 0.6 is 11.3 Å². The van der Waals surface area contributed by atoms with Crippen molar-refractivity contribution in [3.05, 3.63) is 64.4 Å². The first kappa shape index (κ1) is 25.4. The molecule has 0 radical (unpaired) electrons. The second kappa shape index (κ2) is 11.4. The van der Waals surface area contributed by atoms with Crippen molar-refractivity contribution in [2.75, 3.05) is 18.5 Å². The fourth-order valence-corrected chi connectivity index (χ4v) is 6.12. The van der Waals surface area contributed by atoms with Crippen molar-refractivity contribution in [2.45, 2.75) is 56.9 Å². The summed E-state index contributed by atoms with van der Waals surface area (Å²) < 4.78 is 0. The summed E-state index contributed by atoms with van der Waals surface area (Å²) in [5.74, 6) is 0.213. The lowest BCUT2D eigenvalue weighted by molar-refractivity contribution is -0.139. The number of hydrogen-bond acceptors (Lipinski definition) is 7. The first-order valence-corrected chi connectivity index (χ1v) is 13.8. The number of aliphatic hydroxyl groups excluding tert-OH is 1. The number of carbonyl (C=O) groups excluding carboxylic acids is 1. The molecule has 37 heavy (non-hydrogen) atoms. The first-order chi connectivity index (χ1) is 18.0. The third-order valence-corrected chi connectivity index (χ3v) is 8.28. The molecule has 1 aliphatic carbocycles. The molecule has 3 heterocycles. The number of anilines is 1. The largest absolute Gasteiger partial charge is 0.480 e. The third-order valence-electron chi connectivity index (χ3n) is 7.47. The molecule has 8 nitrogen and oxygen atoms in total. The van der Waals surface area contributed by atoms with Gasteiger partial charge in [0.25, 0.3) is 5.91 Å². The SMILES string of the molecule is O=C(N[C@@H](CCO)C(=O)O)c1cccc(-c2cncs2)c1C1CC(CCc2ccc3c(n2)NCCC3)C1. The minimum absolute atomic E-state index is 0.0390. The van der Waals surface area contributed by atoms with Crippen LogP contribution in [0.3, 0.4) is 0 Å². The number of carboxylic acid groups (broad SMARTS) is 1. The van der Waals surface area contributed by atoms with Gasteiger partial charge >= 0.3 is 5.97 Å². The Bertz CT molecular complexity index is 1260. The molecule has 9 heteroatoms. The summed E-state index contributed by atoms with van der Waals surface area (Å²) in [4.78, 5) is 34.9. The Morgan fingerprint density at radius 2 is 2.08 bits per heavy atom. The highest BCUT2D eigenvalue weighted by Crippen LogP contribution is 2.48. The number of carboxylic acids is 1. The molecule has 5 rings (SSSR count). The molecular formula is C28H32N4O4S. The van der Waals surface area contributed by atoms with E-state index in [9.17, 15) is 19.8 Å². The van der Waals surface area contributed by atoms with Crippen molar-refractivity contribution in [1.29, 1.82) is 0 Å². The predicted octanol–water partition coefficient (Wildman–Crippen LogP) is 4.26. The highest BCUT2D eigenvalue weighted by molar-refractivity contribution is 7.13. The van der Waals surface area contributed by atoms with Gasteiger partial charge in [-0.25, -0.2) is 9.78 Å². The van der Waals surface area contributed by atoms with Gasteiger partial charge in [0.1, 0.15) is 11.9 Å². The summed E-state index contributed by atoms with van der Waals surface area (Å²) in [6.45, 7) is 0.667. The number of thiazole rings is 1. The number of aromatic nitrogens is 2. The number of rotatable bonds is 10. The standard InChI is InChI=1S/C28H32N4O4S/c33-12-10-23(28(35)36)32-27(34)22-5-1-4-21(24-15-29-16-37-24)25(22)19-13-17(14-19)6-8-20-9-7-18-3-2-11-30-26(18)31-20/h1,4-5,7,9,15-17,19,23,33H,2-3,6,8,10-14H2,(H,30,31)(H,32,34)(H,35,36)/t17?,19?,23-/m0/s1. The summed E-state index contributed by atoms with van der Waals surface area (Å²) >= 11 is 1.52. The van der Waals surface area contributed by atoms with Crippen LogP contribution in [-0.2, 0) is 17.6 Å². The van der Waals surface area contributed by atoms with E-state index in [0.29, 0.717) is 11.5 Å². The number of pyridine rings is 1. The van der Waals surface area contributed by atoms with Gasteiger partial charge in [0.2, 0.25) is 0 Å². The average Bonchev–Trinajstić information content (AvgIpc) is 3.42. The lowest BCUT2D eigenvalue weighted by atomic mass is 9.67. The number of aliphatic hydroxyl groups is 1. The van der Waals surface area contributed by atoms with E-state index in [0.717, 1.165) is 72.6 Å². The van der Waals surface area contributed by atoms with Crippen molar-refractivity contribution in [2.24, 2.45) is 5.92 Å². The van der Waals surface area contributed by atoms with Crippen molar-refractivity contribution in [1.82, 2.24) is 15.3 Å². The Morgan fingerprint density at radius 3 is 2.84 bits per heavy atom. The summed E-state index contributed by atoms with van der Waals surface area (Å²) in [6.07, 6.45) is 7.92. The summed E-state index contributed by atoms with van der Waals surface area (Å²) in [5, 5.41) is 24.7. The zero-order valence-electron chi connectivity index (χ0n) is 20.7. The monoisotopic (exact) mass is 520 g/mol. The van der Waals surface area contributed by atoms with Gasteiger partial charge in [0.05, 0.1) is 10.4 Å². The highest BCUT2D eigenvalue weighted by atomic mass is 32.1. The van der Waals surface area contributed by atoms with Gasteiger partial charge in [-0.3, -0.25) is 9.78 Å². The number of fused-ring (bicyclic) bond motifs is 1. The fraction of sp³-hybridized carbons (Fsp3) is 0.429. The molecule has 4 N–H and O–H groups in total. The van der Waals surface area contributed by atoms with E-state index >= 15 is 0 Å². The Kier molecular flexibility index (Phi) is 7.81. The van der Waals surface area contributed by atoms with Crippen LogP contribution in [0.25, 0.3) is 10.4 Å². The molecule has 1 aromatic carbocycles. The number of amides is 1. The van der Waals surface area contributed by atoms with Gasteiger partial charge in [-0.15, -0.1) is 11.3 Å². The lowest BCUT2D eigenvalue weighted by Gasteiger charge is -2.38. The van der Waals surface area contributed by atoms with E-state index in [-0.39, 0.29) is 18.9 Å². The molecule has 1 aliphatic heterocycles. The van der Waals surface area contributed by atoms with Crippen molar-refractivity contribution < 1.29 is 19.8 Å². The Balaban J connectivity index is 1.31. The smallest absolute Gasteiger partial charge is 0.326 e. The second-order valence-electron chi connectivity index (χ2n) is 9.92. The molecule has 1 amide bonds. The number of benzene rings is 1. The molecule has 0 spiro atoms. The van der Waals surface area contributed by atoms with Crippen LogP contribution in [0.15, 0.2) is 42.0 Å². The van der Waals surface area contributed by atoms with E-state index in [4.69, 9.17) is 4.98 Å². The number of hydrogen-bond donors (Lipinski definition) is 4. The average molecular weight is 521 g/mol. The minimum atomic E-state index is -1.16. The molecule has 0 bridgehead atoms. The van der Waals surface area contributed by atoms with Crippen LogP contribution in [0.5, 0.6) is 0 Å². The Morgan fingerprint density at radius 1 is 1.22 bits per heavy atom. The van der Waals surface area contributed by atoms with Crippen LogP contribution in [0.4, 0.5) is 5.82 Å². The lowest BCUT2D eigenvalue weighted by Crippen LogP contribution is -2.42. The molecule has 1 saturated carbocycles. The van der Waals surface area contributed by atoms with Crippen molar-refractivity contribution in [3.63, 3.8) is 0 Å². The molecule has 0 unspecified atom stereocenters. The first-order valence-electron chi connectivity index (χ1n) is 12.9. The van der Waals surface area contributed by atoms with E-state index < -0.39 is 17.9 Å². The van der Waals surface area contributed by atoms with Crippen LogP contribution in [0.1, 0.15) is 65.2 Å². The summed E-state index contributed by atoms with van der Waals surface area (Å²) in [6, 6.07) is 8.83. The van der Waals surface area contributed by atoms with Gasteiger partial charge in [-0.2, -0.15) is 0 Å². The zero-order valence-corrected chi connectivity index (χ0v) is 21.5. The number of aryl methyl sites for hydroxylation is 2. The highest BCUT2D eigenvalue weighted by Gasteiger charge is 2.35. The fourth-order valence-electron chi connectivity index (χ4n) is 5.46. The predicted molar refractivity (Wildman–Crippen MR) is 143 cm³/mol. The van der Waals surface area contributed by atoms with Gasteiger partial charge in [0.15, 0.2) is 0 Å². The number of nitrogens with one attached hydrogen (secondary N) is 2. The van der Waals surface area contributed by atoms with Crippen LogP contribution in [0, 0.1) is 5.92 Å². The van der Waals surface area contributed by atoms with Crippen LogP contribution < -0.4 is 10.6 Å². The maximum absolute atomic E-state index is 13.2. The van der Waals surface area contributed by atoms with Crippen LogP contribution in [0.2, 0.25) is 0 Å². The Hall–Kier alpha value is -3.30. The maximum atomic E-state index is 13.2. The van der Waals surface area contributed by atoms with E-state index in [1.54, 1.807) is 11.6 Å². The van der Waals surface area contributed by atoms with Gasteiger partial charge in [-0.1, -0.05) is 18.2 Å².